The molecule has 0 fully saturated rings. The number of carbonyl (C=O) groups is 1. The topological polar surface area (TPSA) is 192 Å². The van der Waals surface area contributed by atoms with E-state index in [0.717, 1.165) is 19.0 Å². The van der Waals surface area contributed by atoms with Crippen LogP contribution in [0.2, 0.25) is 19.1 Å². The third kappa shape index (κ3) is 27.1. The van der Waals surface area contributed by atoms with E-state index in [1.165, 1.54) is 0 Å². The van der Waals surface area contributed by atoms with E-state index in [2.05, 4.69) is 23.6 Å². The summed E-state index contributed by atoms with van der Waals surface area (Å²) in [4.78, 5) is 10.4. The Kier molecular flexibility index (Phi) is 22.6. The van der Waals surface area contributed by atoms with Gasteiger partial charge >= 0.3 is 5.97 Å². The molecule has 3 N–H and O–H groups in total. The van der Waals surface area contributed by atoms with Crippen LogP contribution in [0.1, 0.15) is 38.5 Å². The summed E-state index contributed by atoms with van der Waals surface area (Å²) in [6.45, 7) is 9.53. The van der Waals surface area contributed by atoms with Crippen LogP contribution in [0.15, 0.2) is 0 Å². The lowest BCUT2D eigenvalue weighted by molar-refractivity contribution is -0.929. The van der Waals surface area contributed by atoms with Gasteiger partial charge in [0, 0.05) is 0 Å². The number of aliphatic carboxylic acids is 1. The van der Waals surface area contributed by atoms with Crippen molar-refractivity contribution in [2.24, 2.45) is 0 Å². The van der Waals surface area contributed by atoms with Gasteiger partial charge in [-0.3, -0.25) is 13.9 Å². The molecule has 0 aliphatic rings. The lowest BCUT2D eigenvalue weighted by Crippen LogP contribution is -2.52. The molecule has 0 bridgehead atoms. The zero-order chi connectivity index (χ0) is 32.0. The molecule has 0 aromatic rings. The van der Waals surface area contributed by atoms with Gasteiger partial charge in [-0.15, -0.1) is 0 Å². The first-order valence-electron chi connectivity index (χ1n) is 14.2. The van der Waals surface area contributed by atoms with Gasteiger partial charge in [0.2, 0.25) is 10.5 Å². The molecule has 0 aliphatic carbocycles. The highest BCUT2D eigenvalue weighted by molar-refractivity contribution is 7.86. The summed E-state index contributed by atoms with van der Waals surface area (Å²) in [6, 6.07) is 0.887. The Morgan fingerprint density at radius 1 is 0.667 bits per heavy atom. The van der Waals surface area contributed by atoms with E-state index in [0.29, 0.717) is 96.0 Å². The molecule has 0 saturated heterocycles. The van der Waals surface area contributed by atoms with E-state index in [-0.39, 0.29) is 24.5 Å². The Morgan fingerprint density at radius 3 is 1.48 bits per heavy atom. The zero-order valence-corrected chi connectivity index (χ0v) is 28.7. The third-order valence-electron chi connectivity index (χ3n) is 6.54. The fourth-order valence-electron chi connectivity index (χ4n) is 4.20. The van der Waals surface area contributed by atoms with Gasteiger partial charge < -0.3 is 32.7 Å². The first-order chi connectivity index (χ1) is 19.6. The maximum Gasteiger partial charge on any atom is 0.305 e. The van der Waals surface area contributed by atoms with Crippen LogP contribution in [0.3, 0.4) is 0 Å². The van der Waals surface area contributed by atoms with Crippen molar-refractivity contribution in [3.05, 3.63) is 0 Å². The number of hydrogen-bond acceptors (Lipinski definition) is 10. The average Bonchev–Trinajstić information content (AvgIpc) is 2.88. The maximum atomic E-state index is 11.2. The standard InChI is InChI=1S/C24H50NO13S2Si2/c1-42(2,38-41)23-7-11-25(9-3-5-21-39(28,29)30,10-4-6-22-40(31,32)33)12-14-35-16-18-37-20-19-36-17-15-34-13-8-24(26)27/h3-23H2,1-2H3,(H2-,26,27,28,29,30,31,32,33)/p+1. The molecule has 0 aromatic heterocycles. The molecule has 0 saturated carbocycles. The smallest absolute Gasteiger partial charge is 0.305 e. The molecule has 0 amide bonds. The highest BCUT2D eigenvalue weighted by atomic mass is 32.2. The van der Waals surface area contributed by atoms with Gasteiger partial charge in [0.05, 0.1) is 90.4 Å². The number of quaternary nitrogens is 1. The predicted octanol–water partition coefficient (Wildman–Crippen LogP) is 1.38. The van der Waals surface area contributed by atoms with E-state index in [9.17, 15) is 21.6 Å². The Labute approximate surface area is 256 Å². The van der Waals surface area contributed by atoms with Gasteiger partial charge in [0.1, 0.15) is 6.54 Å². The van der Waals surface area contributed by atoms with Crippen LogP contribution >= 0.6 is 0 Å². The van der Waals surface area contributed by atoms with Crippen LogP contribution in [0.25, 0.3) is 0 Å². The SMILES string of the molecule is C[Si](C)(CCC[N+](CCCCS(=O)(=O)O)(CCCCS(=O)(=O)O)CCOCCOCCOCCOCCC(=O)O)O[Si]. The molecule has 0 rings (SSSR count). The van der Waals surface area contributed by atoms with E-state index in [1.807, 2.05) is 0 Å². The van der Waals surface area contributed by atoms with Gasteiger partial charge in [-0.25, -0.2) is 0 Å². The first-order valence-corrected chi connectivity index (χ1v) is 21.0. The molecule has 0 atom stereocenters. The molecule has 0 spiro atoms. The second-order valence-electron chi connectivity index (χ2n) is 10.8. The Bertz CT molecular complexity index is 881. The van der Waals surface area contributed by atoms with Crippen molar-refractivity contribution in [3.8, 4) is 0 Å². The van der Waals surface area contributed by atoms with E-state index < -0.39 is 34.5 Å². The van der Waals surface area contributed by atoms with Crippen molar-refractivity contribution in [3.63, 3.8) is 0 Å². The summed E-state index contributed by atoms with van der Waals surface area (Å²) >= 11 is 0. The van der Waals surface area contributed by atoms with E-state index in [1.54, 1.807) is 0 Å². The molecule has 14 nitrogen and oxygen atoms in total. The molecular formula is C24H51NO13S2Si2+. The summed E-state index contributed by atoms with van der Waals surface area (Å²) in [5.41, 5.74) is 0. The quantitative estimate of drug-likeness (QED) is 0.0427. The molecule has 18 heteroatoms. The van der Waals surface area contributed by atoms with Gasteiger partial charge in [-0.05, 0) is 51.2 Å². The lowest BCUT2D eigenvalue weighted by atomic mass is 10.2. The second-order valence-corrected chi connectivity index (χ2v) is 18.8. The second kappa shape index (κ2) is 22.9. The molecule has 42 heavy (non-hydrogen) atoms. The Morgan fingerprint density at radius 2 is 1.07 bits per heavy atom. The fraction of sp³-hybridized carbons (Fsp3) is 0.958. The van der Waals surface area contributed by atoms with Crippen LogP contribution in [-0.2, 0) is 48.1 Å². The highest BCUT2D eigenvalue weighted by Crippen LogP contribution is 2.19. The predicted molar refractivity (Wildman–Crippen MR) is 160 cm³/mol. The summed E-state index contributed by atoms with van der Waals surface area (Å²) in [5.74, 6) is -1.54. The minimum absolute atomic E-state index is 0.0447. The van der Waals surface area contributed by atoms with Crippen molar-refractivity contribution in [1.29, 1.82) is 0 Å². The third-order valence-corrected chi connectivity index (χ3v) is 11.9. The van der Waals surface area contributed by atoms with Crippen LogP contribution in [0, 0.1) is 0 Å². The average molecular weight is 682 g/mol. The number of rotatable bonds is 30. The van der Waals surface area contributed by atoms with E-state index in [4.69, 9.17) is 37.3 Å². The lowest BCUT2D eigenvalue weighted by Gasteiger charge is -2.40. The summed E-state index contributed by atoms with van der Waals surface area (Å²) in [6.07, 6.45) is 2.53. The normalized spacial score (nSPS) is 13.1. The van der Waals surface area contributed by atoms with Crippen molar-refractivity contribution < 1.29 is 63.4 Å². The molecular weight excluding hydrogens is 631 g/mol. The fourth-order valence-corrected chi connectivity index (χ4v) is 6.76. The number of unbranched alkanes of at least 4 members (excludes halogenated alkanes) is 2. The summed E-state index contributed by atoms with van der Waals surface area (Å²) in [7, 11) is -6.82. The monoisotopic (exact) mass is 681 g/mol. The van der Waals surface area contributed by atoms with Crippen LogP contribution < -0.4 is 0 Å². The van der Waals surface area contributed by atoms with Crippen LogP contribution in [0.5, 0.6) is 0 Å². The van der Waals surface area contributed by atoms with E-state index >= 15 is 0 Å². The molecule has 0 aliphatic heterocycles. The molecule has 3 radical (unpaired) electrons. The summed E-state index contributed by atoms with van der Waals surface area (Å²) < 4.78 is 90.9. The van der Waals surface area contributed by atoms with Gasteiger partial charge in [-0.2, -0.15) is 16.8 Å². The minimum atomic E-state index is -4.05. The van der Waals surface area contributed by atoms with Crippen molar-refractivity contribution in [2.45, 2.75) is 57.7 Å². The number of hydrogen-bond donors (Lipinski definition) is 3. The largest absolute Gasteiger partial charge is 0.481 e. The van der Waals surface area contributed by atoms with Gasteiger partial charge in [0.15, 0.2) is 8.32 Å². The number of carboxylic acid groups (broad SMARTS) is 1. The van der Waals surface area contributed by atoms with Crippen LogP contribution in [0.4, 0.5) is 0 Å². The molecule has 0 aromatic carbocycles. The Balaban J connectivity index is 4.78. The van der Waals surface area contributed by atoms with Gasteiger partial charge in [0.25, 0.3) is 20.2 Å². The van der Waals surface area contributed by atoms with Gasteiger partial charge in [-0.1, -0.05) is 0 Å². The number of ether oxygens (including phenoxy) is 4. The minimum Gasteiger partial charge on any atom is -0.481 e. The van der Waals surface area contributed by atoms with Crippen molar-refractivity contribution in [1.82, 2.24) is 0 Å². The van der Waals surface area contributed by atoms with Crippen LogP contribution in [-0.4, -0.2) is 151 Å². The Hall–Kier alpha value is -0.516. The summed E-state index contributed by atoms with van der Waals surface area (Å²) in [5, 5.41) is 8.54. The number of nitrogens with zero attached hydrogens (tertiary/aromatic N) is 1. The van der Waals surface area contributed by atoms with Crippen molar-refractivity contribution >= 4 is 45.0 Å². The number of carboxylic acids is 1. The molecule has 249 valence electrons. The van der Waals surface area contributed by atoms with Crippen molar-refractivity contribution in [2.75, 3.05) is 90.5 Å². The zero-order valence-electron chi connectivity index (χ0n) is 25.0. The molecule has 0 unspecified atom stereocenters. The highest BCUT2D eigenvalue weighted by Gasteiger charge is 2.29. The first kappa shape index (κ1) is 41.5. The maximum absolute atomic E-state index is 11.2. The molecule has 0 heterocycles.